The molecule has 0 aliphatic carbocycles. The molecule has 0 saturated carbocycles. The van der Waals surface area contributed by atoms with Crippen molar-refractivity contribution in [3.63, 3.8) is 0 Å². The summed E-state index contributed by atoms with van der Waals surface area (Å²) in [4.78, 5) is 4.46. The average Bonchev–Trinajstić information content (AvgIpc) is 2.69. The van der Waals surface area contributed by atoms with Crippen molar-refractivity contribution in [2.45, 2.75) is 32.4 Å². The molecule has 1 saturated heterocycles. The first-order valence-electron chi connectivity index (χ1n) is 9.61. The minimum atomic E-state index is -0.284. The van der Waals surface area contributed by atoms with E-state index in [1.165, 1.54) is 0 Å². The van der Waals surface area contributed by atoms with Crippen molar-refractivity contribution in [2.75, 3.05) is 38.7 Å². The third-order valence-corrected chi connectivity index (χ3v) is 5.13. The first kappa shape index (κ1) is 19.5. The van der Waals surface area contributed by atoms with Gasteiger partial charge < -0.3 is 19.3 Å². The maximum atomic E-state index is 14.6. The summed E-state index contributed by atoms with van der Waals surface area (Å²) in [7, 11) is 3.77. The van der Waals surface area contributed by atoms with E-state index < -0.39 is 0 Å². The number of anilines is 1. The van der Waals surface area contributed by atoms with E-state index in [1.807, 2.05) is 30.3 Å². The molecule has 5 heteroatoms. The molecule has 2 aromatic rings. The van der Waals surface area contributed by atoms with Gasteiger partial charge in [-0.1, -0.05) is 12.1 Å². The summed E-state index contributed by atoms with van der Waals surface area (Å²) in [6, 6.07) is 13.2. The molecule has 0 N–H and O–H groups in total. The number of piperidine rings is 1. The Morgan fingerprint density at radius 1 is 1.15 bits per heavy atom. The number of halogens is 1. The molecule has 27 heavy (non-hydrogen) atoms. The lowest BCUT2D eigenvalue weighted by atomic mass is 10.1. The van der Waals surface area contributed by atoms with Gasteiger partial charge in [-0.3, -0.25) is 0 Å². The molecule has 0 unspecified atom stereocenters. The fourth-order valence-corrected chi connectivity index (χ4v) is 3.43. The van der Waals surface area contributed by atoms with Crippen LogP contribution in [0.4, 0.5) is 10.1 Å². The zero-order valence-corrected chi connectivity index (χ0v) is 16.5. The molecule has 0 spiro atoms. The van der Waals surface area contributed by atoms with Crippen LogP contribution < -0.4 is 14.4 Å². The Kier molecular flexibility index (Phi) is 6.56. The minimum absolute atomic E-state index is 0.102. The lowest BCUT2D eigenvalue weighted by Crippen LogP contribution is -2.35. The van der Waals surface area contributed by atoms with E-state index >= 15 is 0 Å². The number of methoxy groups -OCH3 is 1. The van der Waals surface area contributed by atoms with E-state index in [4.69, 9.17) is 9.47 Å². The van der Waals surface area contributed by atoms with Crippen molar-refractivity contribution in [1.82, 2.24) is 4.90 Å². The Labute approximate surface area is 161 Å². The Hall–Kier alpha value is -2.27. The maximum Gasteiger partial charge on any atom is 0.165 e. The van der Waals surface area contributed by atoms with E-state index in [0.717, 1.165) is 49.5 Å². The van der Waals surface area contributed by atoms with Gasteiger partial charge in [-0.2, -0.15) is 0 Å². The lowest BCUT2D eigenvalue weighted by Gasteiger charge is -2.29. The highest BCUT2D eigenvalue weighted by molar-refractivity contribution is 5.51. The van der Waals surface area contributed by atoms with Crippen molar-refractivity contribution < 1.29 is 13.9 Å². The van der Waals surface area contributed by atoms with E-state index in [9.17, 15) is 4.39 Å². The molecule has 1 heterocycles. The number of hydrogen-bond donors (Lipinski definition) is 0. The van der Waals surface area contributed by atoms with Crippen LogP contribution in [-0.2, 0) is 6.54 Å². The van der Waals surface area contributed by atoms with Crippen molar-refractivity contribution in [1.29, 1.82) is 0 Å². The molecule has 146 valence electrons. The highest BCUT2D eigenvalue weighted by atomic mass is 19.1. The molecule has 0 bridgehead atoms. The Balaban J connectivity index is 1.67. The molecule has 1 aliphatic rings. The summed E-state index contributed by atoms with van der Waals surface area (Å²) < 4.78 is 25.8. The Morgan fingerprint density at radius 3 is 2.59 bits per heavy atom. The second kappa shape index (κ2) is 9.09. The second-order valence-corrected chi connectivity index (χ2v) is 7.10. The molecule has 1 aliphatic heterocycles. The standard InChI is InChI=1S/C22H29FN2O2/c1-4-25(18-6-5-7-20(15-18)26-3)16-17-8-9-22(21(23)14-17)27-19-10-12-24(2)13-11-19/h5-9,14-15,19H,4,10-13,16H2,1-3H3. The van der Waals surface area contributed by atoms with Crippen LogP contribution in [0.25, 0.3) is 0 Å². The molecule has 0 radical (unpaired) electrons. The van der Waals surface area contributed by atoms with Gasteiger partial charge in [0.15, 0.2) is 11.6 Å². The Morgan fingerprint density at radius 2 is 1.93 bits per heavy atom. The third kappa shape index (κ3) is 5.13. The second-order valence-electron chi connectivity index (χ2n) is 7.10. The summed E-state index contributed by atoms with van der Waals surface area (Å²) >= 11 is 0. The highest BCUT2D eigenvalue weighted by Crippen LogP contribution is 2.26. The van der Waals surface area contributed by atoms with Gasteiger partial charge in [0.25, 0.3) is 0 Å². The average molecular weight is 372 g/mol. The largest absolute Gasteiger partial charge is 0.497 e. The normalized spacial score (nSPS) is 15.6. The quantitative estimate of drug-likeness (QED) is 0.722. The maximum absolute atomic E-state index is 14.6. The van der Waals surface area contributed by atoms with E-state index in [1.54, 1.807) is 19.2 Å². The number of rotatable bonds is 7. The third-order valence-electron chi connectivity index (χ3n) is 5.13. The van der Waals surface area contributed by atoms with Gasteiger partial charge in [-0.25, -0.2) is 4.39 Å². The first-order chi connectivity index (χ1) is 13.1. The zero-order valence-electron chi connectivity index (χ0n) is 16.5. The summed E-state index contributed by atoms with van der Waals surface area (Å²) in [6.45, 7) is 5.54. The van der Waals surface area contributed by atoms with Gasteiger partial charge in [0, 0.05) is 37.9 Å². The molecule has 1 fully saturated rings. The summed E-state index contributed by atoms with van der Waals surface area (Å²) in [5.74, 6) is 0.893. The van der Waals surface area contributed by atoms with Gasteiger partial charge in [0.05, 0.1) is 7.11 Å². The van der Waals surface area contributed by atoms with Crippen molar-refractivity contribution in [2.24, 2.45) is 0 Å². The van der Waals surface area contributed by atoms with Crippen molar-refractivity contribution >= 4 is 5.69 Å². The van der Waals surface area contributed by atoms with Gasteiger partial charge >= 0.3 is 0 Å². The summed E-state index contributed by atoms with van der Waals surface area (Å²) in [5.41, 5.74) is 1.98. The number of hydrogen-bond acceptors (Lipinski definition) is 4. The molecular weight excluding hydrogens is 343 g/mol. The zero-order chi connectivity index (χ0) is 19.2. The van der Waals surface area contributed by atoms with Gasteiger partial charge in [-0.15, -0.1) is 0 Å². The molecule has 3 rings (SSSR count). The smallest absolute Gasteiger partial charge is 0.165 e. The fourth-order valence-electron chi connectivity index (χ4n) is 3.43. The lowest BCUT2D eigenvalue weighted by molar-refractivity contribution is 0.110. The van der Waals surface area contributed by atoms with Crippen LogP contribution in [0.1, 0.15) is 25.3 Å². The molecule has 0 atom stereocenters. The van der Waals surface area contributed by atoms with Gasteiger partial charge in [0.2, 0.25) is 0 Å². The van der Waals surface area contributed by atoms with Crippen molar-refractivity contribution in [3.8, 4) is 11.5 Å². The molecule has 2 aromatic carbocycles. The van der Waals surface area contributed by atoms with Crippen LogP contribution in [0.2, 0.25) is 0 Å². The van der Waals surface area contributed by atoms with Crippen LogP contribution in [0.15, 0.2) is 42.5 Å². The highest BCUT2D eigenvalue weighted by Gasteiger charge is 2.19. The number of ether oxygens (including phenoxy) is 2. The van der Waals surface area contributed by atoms with Crippen LogP contribution in [0.3, 0.4) is 0 Å². The summed E-state index contributed by atoms with van der Waals surface area (Å²) in [5, 5.41) is 0. The molecule has 0 amide bonds. The topological polar surface area (TPSA) is 24.9 Å². The molecular formula is C22H29FN2O2. The first-order valence-corrected chi connectivity index (χ1v) is 9.61. The SMILES string of the molecule is CCN(Cc1ccc(OC2CCN(C)CC2)c(F)c1)c1cccc(OC)c1. The number of nitrogens with zero attached hydrogens (tertiary/aromatic N) is 2. The fraction of sp³-hybridized carbons (Fsp3) is 0.455. The predicted molar refractivity (Wildman–Crippen MR) is 107 cm³/mol. The molecule has 4 nitrogen and oxygen atoms in total. The summed E-state index contributed by atoms with van der Waals surface area (Å²) in [6.07, 6.45) is 1.99. The van der Waals surface area contributed by atoms with E-state index in [2.05, 4.69) is 23.8 Å². The number of likely N-dealkylation sites (tertiary alicyclic amines) is 1. The van der Waals surface area contributed by atoms with Gasteiger partial charge in [-0.05, 0) is 56.6 Å². The van der Waals surface area contributed by atoms with Crippen LogP contribution in [0.5, 0.6) is 11.5 Å². The van der Waals surface area contributed by atoms with Gasteiger partial charge in [0.1, 0.15) is 11.9 Å². The van der Waals surface area contributed by atoms with Crippen LogP contribution in [-0.4, -0.2) is 44.8 Å². The Bertz CT molecular complexity index is 745. The van der Waals surface area contributed by atoms with Crippen molar-refractivity contribution in [3.05, 3.63) is 53.8 Å². The van der Waals surface area contributed by atoms with E-state index in [0.29, 0.717) is 12.3 Å². The minimum Gasteiger partial charge on any atom is -0.497 e. The molecule has 0 aromatic heterocycles. The monoisotopic (exact) mass is 372 g/mol. The number of benzene rings is 2. The predicted octanol–water partition coefficient (Wildman–Crippen LogP) is 4.33. The van der Waals surface area contributed by atoms with Crippen LogP contribution >= 0.6 is 0 Å². The van der Waals surface area contributed by atoms with Crippen LogP contribution in [0, 0.1) is 5.82 Å². The van der Waals surface area contributed by atoms with E-state index in [-0.39, 0.29) is 11.9 Å².